The van der Waals surface area contributed by atoms with Gasteiger partial charge in [0.05, 0.1) is 25.9 Å². The van der Waals surface area contributed by atoms with Crippen molar-refractivity contribution in [3.63, 3.8) is 0 Å². The Balaban J connectivity index is 2.25. The van der Waals surface area contributed by atoms with Gasteiger partial charge in [0.1, 0.15) is 12.4 Å². The van der Waals surface area contributed by atoms with Crippen LogP contribution in [0.15, 0.2) is 33.2 Å². The third-order valence-electron chi connectivity index (χ3n) is 3.52. The molecule has 2 N–H and O–H groups in total. The molecule has 1 atom stereocenters. The van der Waals surface area contributed by atoms with Gasteiger partial charge in [-0.25, -0.2) is 17.6 Å². The average molecular weight is 594 g/mol. The Morgan fingerprint density at radius 2 is 1.83 bits per heavy atom. The zero-order valence-electron chi connectivity index (χ0n) is 14.7. The monoisotopic (exact) mass is 591 g/mol. The topological polar surface area (TPSA) is 92.7 Å². The highest BCUT2D eigenvalue weighted by Crippen LogP contribution is 2.37. The lowest BCUT2D eigenvalue weighted by Crippen LogP contribution is -2.17. The van der Waals surface area contributed by atoms with Gasteiger partial charge in [-0.1, -0.05) is 23.2 Å². The number of alkyl halides is 1. The summed E-state index contributed by atoms with van der Waals surface area (Å²) < 4.78 is 45.4. The summed E-state index contributed by atoms with van der Waals surface area (Å²) in [7, 11) is -3.56. The summed E-state index contributed by atoms with van der Waals surface area (Å²) in [5.74, 6) is -1.17. The zero-order chi connectivity index (χ0) is 21.9. The van der Waals surface area contributed by atoms with Crippen molar-refractivity contribution in [2.45, 2.75) is 19.2 Å². The Kier molecular flexibility index (Phi) is 8.20. The van der Waals surface area contributed by atoms with Crippen LogP contribution in [-0.4, -0.2) is 31.9 Å². The van der Waals surface area contributed by atoms with Crippen molar-refractivity contribution in [2.24, 2.45) is 0 Å². The highest BCUT2D eigenvalue weighted by molar-refractivity contribution is 9.11. The second kappa shape index (κ2) is 9.82. The van der Waals surface area contributed by atoms with E-state index in [9.17, 15) is 17.6 Å². The summed E-state index contributed by atoms with van der Waals surface area (Å²) >= 11 is 18.9. The summed E-state index contributed by atoms with van der Waals surface area (Å²) in [4.78, 5) is 10.7. The molecule has 0 saturated carbocycles. The smallest absolute Gasteiger partial charge is 0.338 e. The van der Waals surface area contributed by atoms with Gasteiger partial charge >= 0.3 is 5.97 Å². The first kappa shape index (κ1) is 24.2. The summed E-state index contributed by atoms with van der Waals surface area (Å²) in [5.41, 5.74) is 1.01. The van der Waals surface area contributed by atoms with E-state index in [1.807, 2.05) is 0 Å². The van der Waals surface area contributed by atoms with Gasteiger partial charge in [0.25, 0.3) is 0 Å². The van der Waals surface area contributed by atoms with E-state index in [4.69, 9.17) is 33.0 Å². The van der Waals surface area contributed by atoms with Crippen LogP contribution in [-0.2, 0) is 27.8 Å². The summed E-state index contributed by atoms with van der Waals surface area (Å²) in [6, 6.07) is 6.01. The van der Waals surface area contributed by atoms with Crippen LogP contribution in [0.2, 0.25) is 10.0 Å². The van der Waals surface area contributed by atoms with Gasteiger partial charge in [0, 0.05) is 17.0 Å². The second-order valence-corrected chi connectivity index (χ2v) is 10.3. The van der Waals surface area contributed by atoms with E-state index in [0.717, 1.165) is 6.26 Å². The van der Waals surface area contributed by atoms with Crippen LogP contribution in [0, 0.1) is 0 Å². The van der Waals surface area contributed by atoms with E-state index >= 15 is 0 Å². The number of carboxylic acids is 1. The Bertz CT molecular complexity index is 1030. The Morgan fingerprint density at radius 3 is 2.34 bits per heavy atom. The highest BCUT2D eigenvalue weighted by Gasteiger charge is 2.19. The number of aliphatic carboxylic acids is 1. The van der Waals surface area contributed by atoms with Crippen LogP contribution < -0.4 is 9.46 Å². The standard InChI is InChI=1S/C17H14Br2Cl2FNO5S/c1-29(26,27)23-14-6-10(20)5-9(15(14)21)7-28-16-11(18)2-8(3-12(16)19)4-13(22)17(24)25/h2-3,5-6,13,23H,4,7H2,1H3,(H,24,25). The van der Waals surface area contributed by atoms with E-state index in [1.54, 1.807) is 12.1 Å². The second-order valence-electron chi connectivity index (χ2n) is 5.99. The van der Waals surface area contributed by atoms with E-state index in [-0.39, 0.29) is 28.8 Å². The quantitative estimate of drug-likeness (QED) is 0.426. The SMILES string of the molecule is CS(=O)(=O)Nc1cc(Cl)cc(COc2c(Br)cc(CC(F)C(=O)O)cc2Br)c1Cl. The first-order valence-corrected chi connectivity index (χ1v) is 12.0. The number of anilines is 1. The van der Waals surface area contributed by atoms with E-state index < -0.39 is 22.2 Å². The van der Waals surface area contributed by atoms with Crippen molar-refractivity contribution < 1.29 is 27.4 Å². The minimum absolute atomic E-state index is 0.0464. The van der Waals surface area contributed by atoms with Crippen molar-refractivity contribution in [3.8, 4) is 5.75 Å². The molecule has 1 unspecified atom stereocenters. The molecule has 158 valence electrons. The van der Waals surface area contributed by atoms with Crippen molar-refractivity contribution in [2.75, 3.05) is 11.0 Å². The largest absolute Gasteiger partial charge is 0.486 e. The molecule has 0 aliphatic rings. The molecular weight excluding hydrogens is 580 g/mol. The maximum atomic E-state index is 13.4. The van der Waals surface area contributed by atoms with E-state index in [2.05, 4.69) is 36.6 Å². The lowest BCUT2D eigenvalue weighted by Gasteiger charge is -2.15. The Morgan fingerprint density at radius 1 is 1.24 bits per heavy atom. The molecule has 0 aliphatic heterocycles. The van der Waals surface area contributed by atoms with Crippen molar-refractivity contribution >= 4 is 76.7 Å². The molecule has 0 heterocycles. The molecule has 2 aromatic rings. The minimum Gasteiger partial charge on any atom is -0.486 e. The van der Waals surface area contributed by atoms with Crippen molar-refractivity contribution in [3.05, 3.63) is 54.4 Å². The van der Waals surface area contributed by atoms with Gasteiger partial charge in [-0.05, 0) is 61.7 Å². The maximum Gasteiger partial charge on any atom is 0.338 e. The van der Waals surface area contributed by atoms with Gasteiger partial charge < -0.3 is 9.84 Å². The van der Waals surface area contributed by atoms with Crippen molar-refractivity contribution in [1.82, 2.24) is 0 Å². The van der Waals surface area contributed by atoms with Crippen LogP contribution in [0.1, 0.15) is 11.1 Å². The molecule has 0 amide bonds. The number of carbonyl (C=O) groups is 1. The number of ether oxygens (including phenoxy) is 1. The number of nitrogens with one attached hydrogen (secondary N) is 1. The summed E-state index contributed by atoms with van der Waals surface area (Å²) in [6.45, 7) is -0.0464. The molecule has 12 heteroatoms. The Labute approximate surface area is 193 Å². The predicted molar refractivity (Wildman–Crippen MR) is 117 cm³/mol. The van der Waals surface area contributed by atoms with Crippen molar-refractivity contribution in [1.29, 1.82) is 0 Å². The fourth-order valence-electron chi connectivity index (χ4n) is 2.34. The van der Waals surface area contributed by atoms with Crippen LogP contribution in [0.25, 0.3) is 0 Å². The van der Waals surface area contributed by atoms with Crippen LogP contribution in [0.3, 0.4) is 0 Å². The summed E-state index contributed by atoms with van der Waals surface area (Å²) in [6.07, 6.45) is -1.33. The lowest BCUT2D eigenvalue weighted by atomic mass is 10.1. The number of carboxylic acid groups (broad SMARTS) is 1. The van der Waals surface area contributed by atoms with Gasteiger partial charge in [-0.15, -0.1) is 0 Å². The third kappa shape index (κ3) is 6.99. The molecule has 0 radical (unpaired) electrons. The number of hydrogen-bond acceptors (Lipinski definition) is 4. The fourth-order valence-corrected chi connectivity index (χ4v) is 4.92. The predicted octanol–water partition coefficient (Wildman–Crippen LogP) is 5.43. The van der Waals surface area contributed by atoms with Gasteiger partial charge in [0.2, 0.25) is 16.2 Å². The van der Waals surface area contributed by atoms with Gasteiger partial charge in [0.15, 0.2) is 0 Å². The molecule has 29 heavy (non-hydrogen) atoms. The number of sulfonamides is 1. The molecule has 6 nitrogen and oxygen atoms in total. The third-order valence-corrected chi connectivity index (χ3v) is 5.95. The first-order valence-electron chi connectivity index (χ1n) is 7.80. The van der Waals surface area contributed by atoms with E-state index in [1.165, 1.54) is 12.1 Å². The van der Waals surface area contributed by atoms with Crippen LogP contribution in [0.4, 0.5) is 10.1 Å². The average Bonchev–Trinajstić information content (AvgIpc) is 2.56. The number of hydrogen-bond donors (Lipinski definition) is 2. The van der Waals surface area contributed by atoms with E-state index in [0.29, 0.717) is 25.8 Å². The molecule has 0 fully saturated rings. The molecule has 0 spiro atoms. The molecule has 0 aliphatic carbocycles. The van der Waals surface area contributed by atoms with Gasteiger partial charge in [-0.3, -0.25) is 4.72 Å². The maximum absolute atomic E-state index is 13.4. The molecule has 0 saturated heterocycles. The Hall–Kier alpha value is -1.07. The number of rotatable bonds is 8. The minimum atomic E-state index is -3.56. The molecule has 0 bridgehead atoms. The molecule has 0 aromatic heterocycles. The zero-order valence-corrected chi connectivity index (χ0v) is 20.2. The fraction of sp³-hybridized carbons (Fsp3) is 0.235. The molecular formula is C17H14Br2Cl2FNO5S. The van der Waals surface area contributed by atoms with Gasteiger partial charge in [-0.2, -0.15) is 0 Å². The normalized spacial score (nSPS) is 12.5. The summed E-state index contributed by atoms with van der Waals surface area (Å²) in [5, 5.41) is 9.09. The molecule has 2 aromatic carbocycles. The van der Waals surface area contributed by atoms with Crippen LogP contribution in [0.5, 0.6) is 5.75 Å². The highest BCUT2D eigenvalue weighted by atomic mass is 79.9. The van der Waals surface area contributed by atoms with Crippen LogP contribution >= 0.6 is 55.1 Å². The first-order chi connectivity index (χ1) is 13.4. The molecule has 2 rings (SSSR count). The lowest BCUT2D eigenvalue weighted by molar-refractivity contribution is -0.142. The number of benzene rings is 2. The number of halogens is 5.